The number of aliphatic hydroxyl groups is 1. The van der Waals surface area contributed by atoms with Crippen LogP contribution in [-0.2, 0) is 0 Å². The van der Waals surface area contributed by atoms with E-state index < -0.39 is 6.10 Å². The molecule has 2 heterocycles. The lowest BCUT2D eigenvalue weighted by atomic mass is 10.2. The minimum atomic E-state index is -0.533. The molecular formula is C12H15N3O. The minimum absolute atomic E-state index is 0.533. The van der Waals surface area contributed by atoms with Gasteiger partial charge in [0, 0.05) is 5.69 Å². The van der Waals surface area contributed by atoms with Crippen molar-refractivity contribution in [3.05, 3.63) is 41.5 Å². The molecule has 0 saturated carbocycles. The molecule has 2 aromatic rings. The van der Waals surface area contributed by atoms with Crippen molar-refractivity contribution < 1.29 is 5.11 Å². The molecule has 84 valence electrons. The normalized spacial score (nSPS) is 12.8. The van der Waals surface area contributed by atoms with E-state index >= 15 is 0 Å². The molecule has 0 fully saturated rings. The lowest BCUT2D eigenvalue weighted by Gasteiger charge is -2.06. The molecule has 0 aliphatic heterocycles. The maximum absolute atomic E-state index is 9.36. The highest BCUT2D eigenvalue weighted by atomic mass is 16.3. The van der Waals surface area contributed by atoms with Gasteiger partial charge in [-0.2, -0.15) is 5.10 Å². The van der Waals surface area contributed by atoms with E-state index in [0.29, 0.717) is 5.69 Å². The molecule has 0 spiro atoms. The number of hydrogen-bond donors (Lipinski definition) is 1. The largest absolute Gasteiger partial charge is 0.387 e. The maximum Gasteiger partial charge on any atom is 0.0931 e. The third kappa shape index (κ3) is 1.97. The number of rotatable bonds is 2. The van der Waals surface area contributed by atoms with Crippen LogP contribution in [-0.4, -0.2) is 19.9 Å². The second-order valence-corrected chi connectivity index (χ2v) is 3.96. The number of nitrogens with zero attached hydrogens (tertiary/aromatic N) is 3. The van der Waals surface area contributed by atoms with Crippen LogP contribution in [0.25, 0.3) is 5.69 Å². The Balaban J connectivity index is 2.38. The summed E-state index contributed by atoms with van der Waals surface area (Å²) in [5.74, 6) is 0. The summed E-state index contributed by atoms with van der Waals surface area (Å²) in [6.07, 6.45) is 1.19. The lowest BCUT2D eigenvalue weighted by molar-refractivity contribution is 0.194. The number of aromatic nitrogens is 3. The molecule has 4 heteroatoms. The first kappa shape index (κ1) is 10.8. The molecule has 2 rings (SSSR count). The third-order valence-electron chi connectivity index (χ3n) is 2.45. The molecule has 1 atom stereocenters. The van der Waals surface area contributed by atoms with Gasteiger partial charge in [0.05, 0.1) is 29.4 Å². The van der Waals surface area contributed by atoms with Crippen molar-refractivity contribution in [1.82, 2.24) is 14.8 Å². The Hall–Kier alpha value is -1.68. The van der Waals surface area contributed by atoms with Gasteiger partial charge in [0.25, 0.3) is 0 Å². The summed E-state index contributed by atoms with van der Waals surface area (Å²) in [7, 11) is 0. The van der Waals surface area contributed by atoms with Gasteiger partial charge >= 0.3 is 0 Å². The van der Waals surface area contributed by atoms with Gasteiger partial charge in [-0.3, -0.25) is 4.98 Å². The SMILES string of the molecule is Cc1cc(C)n(-c2ccc(C(C)O)nc2)n1. The molecule has 0 aliphatic rings. The number of pyridine rings is 1. The van der Waals surface area contributed by atoms with E-state index in [1.807, 2.05) is 36.7 Å². The Bertz CT molecular complexity index is 485. The van der Waals surface area contributed by atoms with Crippen molar-refractivity contribution in [2.45, 2.75) is 26.9 Å². The van der Waals surface area contributed by atoms with Crippen molar-refractivity contribution >= 4 is 0 Å². The molecule has 16 heavy (non-hydrogen) atoms. The lowest BCUT2D eigenvalue weighted by Crippen LogP contribution is -2.02. The Morgan fingerprint density at radius 3 is 2.50 bits per heavy atom. The van der Waals surface area contributed by atoms with Crippen molar-refractivity contribution in [1.29, 1.82) is 0 Å². The first-order valence-corrected chi connectivity index (χ1v) is 5.25. The number of aliphatic hydroxyl groups excluding tert-OH is 1. The highest BCUT2D eigenvalue weighted by Crippen LogP contribution is 2.14. The van der Waals surface area contributed by atoms with Crippen LogP contribution >= 0.6 is 0 Å². The molecular weight excluding hydrogens is 202 g/mol. The van der Waals surface area contributed by atoms with E-state index in [1.165, 1.54) is 0 Å². The van der Waals surface area contributed by atoms with Gasteiger partial charge in [0.1, 0.15) is 0 Å². The fourth-order valence-corrected chi connectivity index (χ4v) is 1.66. The molecule has 0 bridgehead atoms. The summed E-state index contributed by atoms with van der Waals surface area (Å²) in [6, 6.07) is 5.74. The second kappa shape index (κ2) is 4.06. The van der Waals surface area contributed by atoms with Crippen LogP contribution in [0.1, 0.15) is 30.1 Å². The fourth-order valence-electron chi connectivity index (χ4n) is 1.66. The van der Waals surface area contributed by atoms with E-state index in [0.717, 1.165) is 17.1 Å². The van der Waals surface area contributed by atoms with Crippen LogP contribution in [0.5, 0.6) is 0 Å². The summed E-state index contributed by atoms with van der Waals surface area (Å²) in [5, 5.41) is 13.7. The van der Waals surface area contributed by atoms with Gasteiger partial charge < -0.3 is 5.11 Å². The standard InChI is InChI=1S/C12H15N3O/c1-8-6-9(2)15(14-8)11-4-5-12(10(3)16)13-7-11/h4-7,10,16H,1-3H3. The van der Waals surface area contributed by atoms with E-state index in [1.54, 1.807) is 13.1 Å². The van der Waals surface area contributed by atoms with Gasteiger partial charge in [0.15, 0.2) is 0 Å². The van der Waals surface area contributed by atoms with E-state index in [2.05, 4.69) is 10.1 Å². The number of aryl methyl sites for hydroxylation is 2. The van der Waals surface area contributed by atoms with E-state index in [9.17, 15) is 5.11 Å². The second-order valence-electron chi connectivity index (χ2n) is 3.96. The Morgan fingerprint density at radius 2 is 2.06 bits per heavy atom. The smallest absolute Gasteiger partial charge is 0.0931 e. The van der Waals surface area contributed by atoms with Crippen molar-refractivity contribution in [3.63, 3.8) is 0 Å². The van der Waals surface area contributed by atoms with E-state index in [4.69, 9.17) is 0 Å². The highest BCUT2D eigenvalue weighted by Gasteiger charge is 2.06. The van der Waals surface area contributed by atoms with Crippen LogP contribution in [0.15, 0.2) is 24.4 Å². The molecule has 0 aliphatic carbocycles. The van der Waals surface area contributed by atoms with Crippen LogP contribution in [0, 0.1) is 13.8 Å². The first-order valence-electron chi connectivity index (χ1n) is 5.25. The summed E-state index contributed by atoms with van der Waals surface area (Å²) < 4.78 is 1.84. The van der Waals surface area contributed by atoms with Crippen molar-refractivity contribution in [2.75, 3.05) is 0 Å². The highest BCUT2D eigenvalue weighted by molar-refractivity contribution is 5.31. The topological polar surface area (TPSA) is 50.9 Å². The molecule has 1 unspecified atom stereocenters. The molecule has 4 nitrogen and oxygen atoms in total. The van der Waals surface area contributed by atoms with Crippen molar-refractivity contribution in [2.24, 2.45) is 0 Å². The fraction of sp³-hybridized carbons (Fsp3) is 0.333. The molecule has 0 amide bonds. The summed E-state index contributed by atoms with van der Waals surface area (Å²) >= 11 is 0. The van der Waals surface area contributed by atoms with Crippen molar-refractivity contribution in [3.8, 4) is 5.69 Å². The summed E-state index contributed by atoms with van der Waals surface area (Å²) in [4.78, 5) is 4.19. The molecule has 2 aromatic heterocycles. The summed E-state index contributed by atoms with van der Waals surface area (Å²) in [5.41, 5.74) is 3.64. The molecule has 0 aromatic carbocycles. The van der Waals surface area contributed by atoms with Gasteiger partial charge in [0.2, 0.25) is 0 Å². The van der Waals surface area contributed by atoms with Crippen LogP contribution < -0.4 is 0 Å². The predicted octanol–water partition coefficient (Wildman–Crippen LogP) is 1.94. The first-order chi connectivity index (χ1) is 7.58. The quantitative estimate of drug-likeness (QED) is 0.836. The third-order valence-corrected chi connectivity index (χ3v) is 2.45. The molecule has 1 N–H and O–H groups in total. The Morgan fingerprint density at radius 1 is 1.31 bits per heavy atom. The molecule has 0 radical (unpaired) electrons. The zero-order chi connectivity index (χ0) is 11.7. The van der Waals surface area contributed by atoms with Crippen LogP contribution in [0.3, 0.4) is 0 Å². The van der Waals surface area contributed by atoms with Crippen LogP contribution in [0.4, 0.5) is 0 Å². The summed E-state index contributed by atoms with van der Waals surface area (Å²) in [6.45, 7) is 5.66. The monoisotopic (exact) mass is 217 g/mol. The Kier molecular flexibility index (Phi) is 2.75. The van der Waals surface area contributed by atoms with Gasteiger partial charge in [-0.15, -0.1) is 0 Å². The zero-order valence-electron chi connectivity index (χ0n) is 9.68. The van der Waals surface area contributed by atoms with Crippen LogP contribution in [0.2, 0.25) is 0 Å². The Labute approximate surface area is 94.6 Å². The van der Waals surface area contributed by atoms with Gasteiger partial charge in [-0.05, 0) is 39.0 Å². The van der Waals surface area contributed by atoms with Gasteiger partial charge in [-0.25, -0.2) is 4.68 Å². The zero-order valence-corrected chi connectivity index (χ0v) is 9.68. The average molecular weight is 217 g/mol. The van der Waals surface area contributed by atoms with E-state index in [-0.39, 0.29) is 0 Å². The minimum Gasteiger partial charge on any atom is -0.387 e. The van der Waals surface area contributed by atoms with Gasteiger partial charge in [-0.1, -0.05) is 0 Å². The maximum atomic E-state index is 9.36. The number of hydrogen-bond acceptors (Lipinski definition) is 3. The predicted molar refractivity (Wildman–Crippen MR) is 61.5 cm³/mol. The average Bonchev–Trinajstić information content (AvgIpc) is 2.58. The molecule has 0 saturated heterocycles.